The van der Waals surface area contributed by atoms with Crippen LogP contribution in [-0.2, 0) is 4.79 Å². The van der Waals surface area contributed by atoms with Gasteiger partial charge in [-0.05, 0) is 85.1 Å². The topological polar surface area (TPSA) is 36.1 Å². The molecule has 1 aromatic carbocycles. The van der Waals surface area contributed by atoms with E-state index in [1.165, 1.54) is 19.3 Å². The minimum absolute atomic E-state index is 0.119. The smallest absolute Gasteiger partial charge is 0.224 e. The maximum Gasteiger partial charge on any atom is 0.224 e. The lowest BCUT2D eigenvalue weighted by Gasteiger charge is -2.61. The molecule has 3 unspecified atom stereocenters. The summed E-state index contributed by atoms with van der Waals surface area (Å²) in [6, 6.07) is 8.48. The molecule has 31 heavy (non-hydrogen) atoms. The number of thiophene rings is 1. The summed E-state index contributed by atoms with van der Waals surface area (Å²) < 4.78 is 15.0. The molecule has 1 N–H and O–H groups in total. The average Bonchev–Trinajstić information content (AvgIpc) is 3.34. The zero-order chi connectivity index (χ0) is 21.3. The molecule has 2 saturated heterocycles. The average molecular weight is 437 g/mol. The molecule has 7 rings (SSSR count). The summed E-state index contributed by atoms with van der Waals surface area (Å²) in [7, 11) is 0. The molecule has 2 saturated carbocycles. The normalized spacial score (nSPS) is 30.3. The van der Waals surface area contributed by atoms with Gasteiger partial charge in [0.05, 0.1) is 0 Å². The van der Waals surface area contributed by atoms with Crippen molar-refractivity contribution < 1.29 is 9.18 Å². The number of carbonyl (C=O) groups is 1. The van der Waals surface area contributed by atoms with Crippen LogP contribution < -0.4 is 0 Å². The number of carbonyl (C=O) groups excluding carboxylic acids is 1. The zero-order valence-corrected chi connectivity index (χ0v) is 19.0. The van der Waals surface area contributed by atoms with Crippen molar-refractivity contribution in [2.24, 2.45) is 11.3 Å². The first-order valence-electron chi connectivity index (χ1n) is 11.5. The van der Waals surface area contributed by atoms with Crippen LogP contribution in [0.5, 0.6) is 0 Å². The van der Waals surface area contributed by atoms with E-state index in [1.807, 2.05) is 30.6 Å². The number of aryl methyl sites for hydroxylation is 1. The van der Waals surface area contributed by atoms with E-state index in [0.29, 0.717) is 29.3 Å². The highest BCUT2D eigenvalue weighted by Gasteiger charge is 2.53. The van der Waals surface area contributed by atoms with Gasteiger partial charge in [0.2, 0.25) is 5.91 Å². The third-order valence-corrected chi connectivity index (χ3v) is 9.06. The molecule has 1 amide bonds. The standard InChI is InChI=1S/C26H29FN2OS/c1-15-6-21(27)25-20(14-28-22(25)7-15)19(23-4-3-5-31-23)10-24(30)29-17-8-16-9-18(29)13-26(2,11-16)12-17/h3-7,14,16-19,28H,8-13H2,1-2H3. The number of piperidine rings is 2. The van der Waals surface area contributed by atoms with Gasteiger partial charge >= 0.3 is 0 Å². The number of H-pyrrole nitrogens is 1. The predicted molar refractivity (Wildman–Crippen MR) is 123 cm³/mol. The number of hydrogen-bond acceptors (Lipinski definition) is 2. The summed E-state index contributed by atoms with van der Waals surface area (Å²) in [5, 5.41) is 2.68. The number of hydrogen-bond donors (Lipinski definition) is 1. The lowest BCUT2D eigenvalue weighted by Crippen LogP contribution is -2.62. The Labute approximate surface area is 186 Å². The van der Waals surface area contributed by atoms with Crippen LogP contribution in [0, 0.1) is 24.1 Å². The number of aromatic amines is 1. The maximum atomic E-state index is 15.0. The van der Waals surface area contributed by atoms with E-state index < -0.39 is 0 Å². The van der Waals surface area contributed by atoms with Crippen molar-refractivity contribution in [3.8, 4) is 0 Å². The van der Waals surface area contributed by atoms with Crippen LogP contribution in [0.25, 0.3) is 10.9 Å². The third kappa shape index (κ3) is 3.15. The van der Waals surface area contributed by atoms with Crippen LogP contribution in [0.2, 0.25) is 0 Å². The number of halogens is 1. The number of nitrogens with one attached hydrogen (secondary N) is 1. The van der Waals surface area contributed by atoms with Gasteiger partial charge in [-0.3, -0.25) is 4.79 Å². The van der Waals surface area contributed by atoms with Gasteiger partial charge in [-0.1, -0.05) is 13.0 Å². The van der Waals surface area contributed by atoms with Crippen LogP contribution >= 0.6 is 11.3 Å². The highest BCUT2D eigenvalue weighted by Crippen LogP contribution is 2.56. The van der Waals surface area contributed by atoms with Crippen molar-refractivity contribution >= 4 is 28.1 Å². The second kappa shape index (κ2) is 6.93. The first kappa shape index (κ1) is 19.5. The van der Waals surface area contributed by atoms with Crippen LogP contribution in [0.15, 0.2) is 35.8 Å². The molecular weight excluding hydrogens is 407 g/mol. The highest BCUT2D eigenvalue weighted by molar-refractivity contribution is 7.10. The van der Waals surface area contributed by atoms with Crippen molar-refractivity contribution in [1.29, 1.82) is 0 Å². The minimum Gasteiger partial charge on any atom is -0.361 e. The van der Waals surface area contributed by atoms with Gasteiger partial charge in [-0.2, -0.15) is 0 Å². The summed E-state index contributed by atoms with van der Waals surface area (Å²) in [6.07, 6.45) is 8.30. The molecule has 3 nitrogen and oxygen atoms in total. The summed E-state index contributed by atoms with van der Waals surface area (Å²) >= 11 is 1.66. The van der Waals surface area contributed by atoms with Crippen LogP contribution in [0.4, 0.5) is 4.39 Å². The van der Waals surface area contributed by atoms with Gasteiger partial charge in [0, 0.05) is 46.4 Å². The van der Waals surface area contributed by atoms with Crippen LogP contribution in [0.1, 0.15) is 67.4 Å². The fourth-order valence-electron chi connectivity index (χ4n) is 7.20. The number of amides is 1. The van der Waals surface area contributed by atoms with Crippen LogP contribution in [0.3, 0.4) is 0 Å². The minimum atomic E-state index is -0.205. The monoisotopic (exact) mass is 436 g/mol. The van der Waals surface area contributed by atoms with Crippen molar-refractivity contribution in [3.63, 3.8) is 0 Å². The largest absolute Gasteiger partial charge is 0.361 e. The van der Waals surface area contributed by atoms with Crippen molar-refractivity contribution in [2.75, 3.05) is 0 Å². The second-order valence-corrected chi connectivity index (χ2v) is 11.5. The van der Waals surface area contributed by atoms with E-state index in [-0.39, 0.29) is 17.6 Å². The van der Waals surface area contributed by atoms with E-state index in [0.717, 1.165) is 40.3 Å². The van der Waals surface area contributed by atoms with E-state index in [1.54, 1.807) is 17.4 Å². The Bertz CT molecular complexity index is 1130. The first-order chi connectivity index (χ1) is 14.9. The van der Waals surface area contributed by atoms with E-state index in [4.69, 9.17) is 0 Å². The lowest BCUT2D eigenvalue weighted by molar-refractivity contribution is -0.156. The Morgan fingerprint density at radius 2 is 2.06 bits per heavy atom. The summed E-state index contributed by atoms with van der Waals surface area (Å²) in [5.41, 5.74) is 3.04. The molecule has 5 heteroatoms. The van der Waals surface area contributed by atoms with Crippen LogP contribution in [-0.4, -0.2) is 27.9 Å². The van der Waals surface area contributed by atoms with Crippen molar-refractivity contribution in [2.45, 2.75) is 70.4 Å². The van der Waals surface area contributed by atoms with E-state index in [9.17, 15) is 4.79 Å². The SMILES string of the molecule is Cc1cc(F)c2c(C(CC(=O)N3C4CC5CC3CC(C)(C5)C4)c3cccs3)c[nH]c2c1. The molecule has 2 aromatic heterocycles. The molecule has 4 fully saturated rings. The Morgan fingerprint density at radius 1 is 1.29 bits per heavy atom. The molecule has 162 valence electrons. The van der Waals surface area contributed by atoms with Gasteiger partial charge in [-0.25, -0.2) is 4.39 Å². The number of aromatic nitrogens is 1. The van der Waals surface area contributed by atoms with E-state index >= 15 is 4.39 Å². The van der Waals surface area contributed by atoms with Crippen molar-refractivity contribution in [1.82, 2.24) is 9.88 Å². The Morgan fingerprint density at radius 3 is 2.74 bits per heavy atom. The molecule has 4 bridgehead atoms. The van der Waals surface area contributed by atoms with E-state index in [2.05, 4.69) is 22.9 Å². The molecule has 3 atom stereocenters. The number of nitrogens with zero attached hydrogens (tertiary/aromatic N) is 1. The quantitative estimate of drug-likeness (QED) is 0.506. The molecule has 4 aliphatic rings. The first-order valence-corrected chi connectivity index (χ1v) is 12.4. The number of benzene rings is 1. The lowest BCUT2D eigenvalue weighted by atomic mass is 9.56. The van der Waals surface area contributed by atoms with Gasteiger partial charge in [0.25, 0.3) is 0 Å². The summed E-state index contributed by atoms with van der Waals surface area (Å²) in [4.78, 5) is 20.4. The second-order valence-electron chi connectivity index (χ2n) is 10.6. The zero-order valence-electron chi connectivity index (χ0n) is 18.2. The maximum absolute atomic E-state index is 15.0. The molecular formula is C26H29FN2OS. The molecule has 2 aliphatic heterocycles. The summed E-state index contributed by atoms with van der Waals surface area (Å²) in [6.45, 7) is 4.33. The Hall–Kier alpha value is -2.14. The summed E-state index contributed by atoms with van der Waals surface area (Å²) in [5.74, 6) is 0.720. The molecule has 2 aliphatic carbocycles. The Balaban J connectivity index is 1.35. The van der Waals surface area contributed by atoms with Gasteiger partial charge in [0.1, 0.15) is 5.82 Å². The number of fused-ring (bicyclic) bond motifs is 1. The van der Waals surface area contributed by atoms with Crippen molar-refractivity contribution in [3.05, 3.63) is 57.7 Å². The fraction of sp³-hybridized carbons (Fsp3) is 0.500. The molecule has 0 radical (unpaired) electrons. The molecule has 0 spiro atoms. The predicted octanol–water partition coefficient (Wildman–Crippen LogP) is 6.38. The fourth-order valence-corrected chi connectivity index (χ4v) is 8.04. The number of rotatable bonds is 4. The van der Waals surface area contributed by atoms with Gasteiger partial charge in [0.15, 0.2) is 0 Å². The Kier molecular flexibility index (Phi) is 4.37. The molecule has 4 heterocycles. The van der Waals surface area contributed by atoms with Gasteiger partial charge in [-0.15, -0.1) is 11.3 Å². The molecule has 3 aromatic rings. The van der Waals surface area contributed by atoms with Gasteiger partial charge < -0.3 is 9.88 Å². The third-order valence-electron chi connectivity index (χ3n) is 8.07. The highest BCUT2D eigenvalue weighted by atomic mass is 32.1.